The molecule has 0 bridgehead atoms. The third kappa shape index (κ3) is 4.87. The van der Waals surface area contributed by atoms with Crippen molar-refractivity contribution in [1.29, 1.82) is 0 Å². The lowest BCUT2D eigenvalue weighted by atomic mass is 10.2. The summed E-state index contributed by atoms with van der Waals surface area (Å²) in [5, 5.41) is 5.35. The van der Waals surface area contributed by atoms with Crippen LogP contribution in [0.1, 0.15) is 25.3 Å². The van der Waals surface area contributed by atoms with E-state index < -0.39 is 0 Å². The maximum absolute atomic E-state index is 11.6. The molecule has 5 heteroatoms. The number of carbonyl (C=O) groups excluding carboxylic acids is 2. The Labute approximate surface area is 115 Å². The minimum atomic E-state index is -0.306. The number of amides is 2. The summed E-state index contributed by atoms with van der Waals surface area (Å²) in [6.45, 7) is 4.53. The van der Waals surface area contributed by atoms with Gasteiger partial charge in [0, 0.05) is 16.7 Å². The van der Waals surface area contributed by atoms with Gasteiger partial charge in [0.05, 0.1) is 0 Å². The highest BCUT2D eigenvalue weighted by molar-refractivity contribution is 9.10. The number of hydrogen-bond donors (Lipinski definition) is 2. The third-order valence-electron chi connectivity index (χ3n) is 2.35. The second-order valence-corrected chi connectivity index (χ2v) is 4.89. The molecule has 0 heterocycles. The summed E-state index contributed by atoms with van der Waals surface area (Å²) in [7, 11) is 0. The molecule has 0 aliphatic carbocycles. The lowest BCUT2D eigenvalue weighted by Gasteiger charge is -2.07. The summed E-state index contributed by atoms with van der Waals surface area (Å²) in [6, 6.07) is 5.52. The van der Waals surface area contributed by atoms with E-state index in [9.17, 15) is 9.59 Å². The zero-order valence-electron chi connectivity index (χ0n) is 10.5. The molecule has 0 unspecified atom stereocenters. The average molecular weight is 313 g/mol. The average Bonchev–Trinajstić information content (AvgIpc) is 2.31. The predicted octanol–water partition coefficient (Wildman–Crippen LogP) is 2.61. The molecule has 0 spiro atoms. The third-order valence-corrected chi connectivity index (χ3v) is 3.20. The summed E-state index contributed by atoms with van der Waals surface area (Å²) in [6.07, 6.45) is 0.712. The lowest BCUT2D eigenvalue weighted by Crippen LogP contribution is -2.28. The van der Waals surface area contributed by atoms with Crippen LogP contribution in [0.3, 0.4) is 0 Å². The summed E-state index contributed by atoms with van der Waals surface area (Å²) in [5.74, 6) is -0.556. The molecule has 1 aromatic rings. The maximum atomic E-state index is 11.6. The molecule has 0 aromatic heterocycles. The largest absolute Gasteiger partial charge is 0.356 e. The SMILES string of the molecule is CCCNC(=O)CC(=O)Nc1ccc(C)c(Br)c1. The molecule has 18 heavy (non-hydrogen) atoms. The van der Waals surface area contributed by atoms with Crippen molar-refractivity contribution in [3.05, 3.63) is 28.2 Å². The van der Waals surface area contributed by atoms with E-state index in [-0.39, 0.29) is 18.2 Å². The first-order chi connectivity index (χ1) is 8.52. The van der Waals surface area contributed by atoms with E-state index in [0.717, 1.165) is 16.5 Å². The van der Waals surface area contributed by atoms with Crippen LogP contribution in [0.25, 0.3) is 0 Å². The van der Waals surface area contributed by atoms with Gasteiger partial charge in [0.2, 0.25) is 11.8 Å². The summed E-state index contributed by atoms with van der Waals surface area (Å²) >= 11 is 3.39. The van der Waals surface area contributed by atoms with E-state index in [1.165, 1.54) is 0 Å². The minimum Gasteiger partial charge on any atom is -0.356 e. The van der Waals surface area contributed by atoms with Crippen molar-refractivity contribution in [2.75, 3.05) is 11.9 Å². The van der Waals surface area contributed by atoms with Gasteiger partial charge in [-0.2, -0.15) is 0 Å². The smallest absolute Gasteiger partial charge is 0.233 e. The molecule has 0 saturated carbocycles. The standard InChI is InChI=1S/C13H17BrN2O2/c1-3-6-15-12(17)8-13(18)16-10-5-4-9(2)11(14)7-10/h4-5,7H,3,6,8H2,1-2H3,(H,15,17)(H,16,18). The molecule has 4 nitrogen and oxygen atoms in total. The first kappa shape index (κ1) is 14.7. The number of nitrogens with one attached hydrogen (secondary N) is 2. The second kappa shape index (κ2) is 7.16. The molecular formula is C13H17BrN2O2. The van der Waals surface area contributed by atoms with E-state index in [1.54, 1.807) is 0 Å². The quantitative estimate of drug-likeness (QED) is 0.821. The Morgan fingerprint density at radius 2 is 2.00 bits per heavy atom. The zero-order valence-corrected chi connectivity index (χ0v) is 12.1. The molecule has 0 fully saturated rings. The summed E-state index contributed by atoms with van der Waals surface area (Å²) < 4.78 is 0.927. The molecular weight excluding hydrogens is 296 g/mol. The minimum absolute atomic E-state index is 0.147. The van der Waals surface area contributed by atoms with Gasteiger partial charge >= 0.3 is 0 Å². The number of benzene rings is 1. The van der Waals surface area contributed by atoms with Gasteiger partial charge in [-0.25, -0.2) is 0 Å². The van der Waals surface area contributed by atoms with Crippen LogP contribution in [0.4, 0.5) is 5.69 Å². The highest BCUT2D eigenvalue weighted by Crippen LogP contribution is 2.20. The molecule has 0 saturated heterocycles. The van der Waals surface area contributed by atoms with Crippen LogP contribution in [-0.4, -0.2) is 18.4 Å². The first-order valence-electron chi connectivity index (χ1n) is 5.85. The molecule has 2 N–H and O–H groups in total. The summed E-state index contributed by atoms with van der Waals surface area (Å²) in [4.78, 5) is 22.9. The summed E-state index contributed by atoms with van der Waals surface area (Å²) in [5.41, 5.74) is 1.77. The Morgan fingerprint density at radius 1 is 1.28 bits per heavy atom. The predicted molar refractivity (Wildman–Crippen MR) is 75.4 cm³/mol. The van der Waals surface area contributed by atoms with Crippen molar-refractivity contribution in [3.8, 4) is 0 Å². The van der Waals surface area contributed by atoms with Crippen molar-refractivity contribution < 1.29 is 9.59 Å². The van der Waals surface area contributed by atoms with Crippen LogP contribution in [0.15, 0.2) is 22.7 Å². The van der Waals surface area contributed by atoms with Crippen LogP contribution in [0.5, 0.6) is 0 Å². The number of rotatable bonds is 5. The molecule has 1 rings (SSSR count). The van der Waals surface area contributed by atoms with Crippen molar-refractivity contribution in [2.24, 2.45) is 0 Å². The van der Waals surface area contributed by atoms with Gasteiger partial charge in [0.25, 0.3) is 0 Å². The van der Waals surface area contributed by atoms with Crippen molar-refractivity contribution >= 4 is 33.4 Å². The Bertz CT molecular complexity index is 447. The van der Waals surface area contributed by atoms with Gasteiger partial charge in [0.1, 0.15) is 6.42 Å². The molecule has 0 aliphatic rings. The fourth-order valence-electron chi connectivity index (χ4n) is 1.35. The Hall–Kier alpha value is -1.36. The Balaban J connectivity index is 2.49. The zero-order chi connectivity index (χ0) is 13.5. The van der Waals surface area contributed by atoms with E-state index >= 15 is 0 Å². The van der Waals surface area contributed by atoms with E-state index in [2.05, 4.69) is 26.6 Å². The van der Waals surface area contributed by atoms with Gasteiger partial charge < -0.3 is 10.6 Å². The molecule has 2 amide bonds. The topological polar surface area (TPSA) is 58.2 Å². The fraction of sp³-hybridized carbons (Fsp3) is 0.385. The molecule has 0 aliphatic heterocycles. The molecule has 1 aromatic carbocycles. The highest BCUT2D eigenvalue weighted by atomic mass is 79.9. The Morgan fingerprint density at radius 3 is 2.61 bits per heavy atom. The van der Waals surface area contributed by atoms with Crippen molar-refractivity contribution in [2.45, 2.75) is 26.7 Å². The second-order valence-electron chi connectivity index (χ2n) is 4.04. The van der Waals surface area contributed by atoms with Crippen molar-refractivity contribution in [3.63, 3.8) is 0 Å². The maximum Gasteiger partial charge on any atom is 0.233 e. The van der Waals surface area contributed by atoms with Crippen LogP contribution >= 0.6 is 15.9 Å². The van der Waals surface area contributed by atoms with Crippen LogP contribution in [-0.2, 0) is 9.59 Å². The van der Waals surface area contributed by atoms with E-state index in [0.29, 0.717) is 12.2 Å². The van der Waals surface area contributed by atoms with Crippen LogP contribution in [0, 0.1) is 6.92 Å². The lowest BCUT2D eigenvalue weighted by molar-refractivity contribution is -0.126. The van der Waals surface area contributed by atoms with Crippen LogP contribution in [0.2, 0.25) is 0 Å². The van der Waals surface area contributed by atoms with Crippen LogP contribution < -0.4 is 10.6 Å². The number of anilines is 1. The molecule has 0 atom stereocenters. The fourth-order valence-corrected chi connectivity index (χ4v) is 1.73. The van der Waals surface area contributed by atoms with Gasteiger partial charge in [-0.3, -0.25) is 9.59 Å². The number of halogens is 1. The molecule has 0 radical (unpaired) electrons. The number of hydrogen-bond acceptors (Lipinski definition) is 2. The Kier molecular flexibility index (Phi) is 5.85. The van der Waals surface area contributed by atoms with E-state index in [4.69, 9.17) is 0 Å². The molecule has 98 valence electrons. The van der Waals surface area contributed by atoms with E-state index in [1.807, 2.05) is 32.0 Å². The number of carbonyl (C=O) groups is 2. The van der Waals surface area contributed by atoms with Gasteiger partial charge in [-0.15, -0.1) is 0 Å². The number of aryl methyl sites for hydroxylation is 1. The van der Waals surface area contributed by atoms with Gasteiger partial charge in [-0.05, 0) is 31.0 Å². The van der Waals surface area contributed by atoms with Crippen molar-refractivity contribution in [1.82, 2.24) is 5.32 Å². The normalized spacial score (nSPS) is 9.94. The highest BCUT2D eigenvalue weighted by Gasteiger charge is 2.09. The van der Waals surface area contributed by atoms with Gasteiger partial charge in [0.15, 0.2) is 0 Å². The monoisotopic (exact) mass is 312 g/mol. The first-order valence-corrected chi connectivity index (χ1v) is 6.65. The van der Waals surface area contributed by atoms with Gasteiger partial charge in [-0.1, -0.05) is 28.9 Å².